The lowest BCUT2D eigenvalue weighted by Gasteiger charge is -2.17. The zero-order valence-electron chi connectivity index (χ0n) is 12.6. The first-order valence-corrected chi connectivity index (χ1v) is 7.27. The van der Waals surface area contributed by atoms with Gasteiger partial charge in [0, 0.05) is 12.5 Å². The average Bonchev–Trinajstić information content (AvgIpc) is 2.88. The molecule has 2 aromatic rings. The van der Waals surface area contributed by atoms with Crippen LogP contribution in [0.3, 0.4) is 0 Å². The number of hydrogen-bond donors (Lipinski definition) is 1. The van der Waals surface area contributed by atoms with Crippen molar-refractivity contribution in [2.24, 2.45) is 5.92 Å². The first-order valence-electron chi connectivity index (χ1n) is 7.27. The highest BCUT2D eigenvalue weighted by molar-refractivity contribution is 5.15. The summed E-state index contributed by atoms with van der Waals surface area (Å²) >= 11 is 0. The van der Waals surface area contributed by atoms with E-state index in [1.165, 1.54) is 5.56 Å². The van der Waals surface area contributed by atoms with Crippen molar-refractivity contribution in [3.8, 4) is 0 Å². The summed E-state index contributed by atoms with van der Waals surface area (Å²) < 4.78 is 2.02. The summed E-state index contributed by atoms with van der Waals surface area (Å²) in [6.45, 7) is 5.27. The maximum absolute atomic E-state index is 4.43. The van der Waals surface area contributed by atoms with Gasteiger partial charge < -0.3 is 5.32 Å². The van der Waals surface area contributed by atoms with Crippen LogP contribution >= 0.6 is 0 Å². The van der Waals surface area contributed by atoms with E-state index in [0.717, 1.165) is 25.2 Å². The molecule has 1 aromatic heterocycles. The Morgan fingerprint density at radius 1 is 1.15 bits per heavy atom. The molecule has 1 atom stereocenters. The van der Waals surface area contributed by atoms with Crippen molar-refractivity contribution < 1.29 is 0 Å². The quantitative estimate of drug-likeness (QED) is 0.842. The molecular weight excluding hydrogens is 248 g/mol. The summed E-state index contributed by atoms with van der Waals surface area (Å²) in [7, 11) is 2.01. The molecule has 0 aliphatic carbocycles. The van der Waals surface area contributed by atoms with E-state index in [-0.39, 0.29) is 0 Å². The molecule has 4 heteroatoms. The van der Waals surface area contributed by atoms with Gasteiger partial charge in [-0.3, -0.25) is 0 Å². The summed E-state index contributed by atoms with van der Waals surface area (Å²) in [6, 6.07) is 11.0. The van der Waals surface area contributed by atoms with Gasteiger partial charge in [0.1, 0.15) is 12.2 Å². The van der Waals surface area contributed by atoms with Crippen LogP contribution in [-0.2, 0) is 12.8 Å². The fraction of sp³-hybridized carbons (Fsp3) is 0.500. The van der Waals surface area contributed by atoms with E-state index >= 15 is 0 Å². The van der Waals surface area contributed by atoms with Crippen molar-refractivity contribution in [3.63, 3.8) is 0 Å². The fourth-order valence-corrected chi connectivity index (χ4v) is 2.56. The normalized spacial score (nSPS) is 12.8. The van der Waals surface area contributed by atoms with Crippen LogP contribution in [0.2, 0.25) is 0 Å². The Bertz CT molecular complexity index is 504. The minimum Gasteiger partial charge on any atom is -0.319 e. The second-order valence-electron chi connectivity index (χ2n) is 5.53. The molecule has 0 saturated heterocycles. The predicted octanol–water partition coefficient (Wildman–Crippen LogP) is 2.48. The monoisotopic (exact) mass is 272 g/mol. The van der Waals surface area contributed by atoms with E-state index in [2.05, 4.69) is 59.6 Å². The van der Waals surface area contributed by atoms with Crippen molar-refractivity contribution in [3.05, 3.63) is 48.0 Å². The van der Waals surface area contributed by atoms with E-state index < -0.39 is 0 Å². The summed E-state index contributed by atoms with van der Waals surface area (Å²) in [5.74, 6) is 1.61. The molecule has 0 radical (unpaired) electrons. The van der Waals surface area contributed by atoms with E-state index in [0.29, 0.717) is 12.0 Å². The average molecular weight is 272 g/mol. The highest BCUT2D eigenvalue weighted by Gasteiger charge is 2.15. The van der Waals surface area contributed by atoms with Crippen LogP contribution in [-0.4, -0.2) is 28.4 Å². The zero-order chi connectivity index (χ0) is 14.4. The van der Waals surface area contributed by atoms with Gasteiger partial charge in [0.05, 0.1) is 0 Å². The van der Waals surface area contributed by atoms with Gasteiger partial charge in [-0.15, -0.1) is 0 Å². The Morgan fingerprint density at radius 3 is 2.55 bits per heavy atom. The number of nitrogens with one attached hydrogen (secondary N) is 1. The van der Waals surface area contributed by atoms with Crippen molar-refractivity contribution >= 4 is 0 Å². The van der Waals surface area contributed by atoms with Crippen LogP contribution in [0.15, 0.2) is 36.7 Å². The lowest BCUT2D eigenvalue weighted by atomic mass is 9.95. The highest BCUT2D eigenvalue weighted by atomic mass is 15.3. The van der Waals surface area contributed by atoms with Crippen LogP contribution in [0.1, 0.15) is 31.3 Å². The molecule has 108 valence electrons. The van der Waals surface area contributed by atoms with Crippen LogP contribution in [0.5, 0.6) is 0 Å². The smallest absolute Gasteiger partial charge is 0.138 e. The Kier molecular flexibility index (Phi) is 5.30. The van der Waals surface area contributed by atoms with Crippen LogP contribution in [0, 0.1) is 5.92 Å². The first-order chi connectivity index (χ1) is 9.70. The molecule has 0 fully saturated rings. The van der Waals surface area contributed by atoms with Gasteiger partial charge in [0.25, 0.3) is 0 Å². The molecule has 0 aliphatic rings. The SMILES string of the molecule is CNCC(Cc1ccccc1)Cc1ncnn1C(C)C. The molecule has 2 rings (SSSR count). The fourth-order valence-electron chi connectivity index (χ4n) is 2.56. The molecule has 20 heavy (non-hydrogen) atoms. The lowest BCUT2D eigenvalue weighted by Crippen LogP contribution is -2.24. The van der Waals surface area contributed by atoms with E-state index in [9.17, 15) is 0 Å². The number of hydrogen-bond acceptors (Lipinski definition) is 3. The standard InChI is InChI=1S/C16H24N4/c1-13(2)20-16(18-12-19-20)10-15(11-17-3)9-14-7-5-4-6-8-14/h4-8,12-13,15,17H,9-11H2,1-3H3. The van der Waals surface area contributed by atoms with Crippen LogP contribution in [0.25, 0.3) is 0 Å². The predicted molar refractivity (Wildman–Crippen MR) is 81.7 cm³/mol. The van der Waals surface area contributed by atoms with Gasteiger partial charge in [0.15, 0.2) is 0 Å². The molecule has 4 nitrogen and oxygen atoms in total. The van der Waals surface area contributed by atoms with Gasteiger partial charge in [0.2, 0.25) is 0 Å². The minimum absolute atomic E-state index is 0.361. The third kappa shape index (κ3) is 3.90. The number of aromatic nitrogens is 3. The van der Waals surface area contributed by atoms with E-state index in [1.807, 2.05) is 11.7 Å². The zero-order valence-corrected chi connectivity index (χ0v) is 12.6. The van der Waals surface area contributed by atoms with E-state index in [1.54, 1.807) is 6.33 Å². The van der Waals surface area contributed by atoms with Crippen molar-refractivity contribution in [2.45, 2.75) is 32.7 Å². The maximum atomic E-state index is 4.43. The molecule has 0 saturated carbocycles. The topological polar surface area (TPSA) is 42.7 Å². The molecule has 0 aliphatic heterocycles. The van der Waals surface area contributed by atoms with Gasteiger partial charge in [-0.25, -0.2) is 9.67 Å². The van der Waals surface area contributed by atoms with Gasteiger partial charge >= 0.3 is 0 Å². The minimum atomic E-state index is 0.361. The number of rotatable bonds is 7. The van der Waals surface area contributed by atoms with Crippen molar-refractivity contribution in [2.75, 3.05) is 13.6 Å². The lowest BCUT2D eigenvalue weighted by molar-refractivity contribution is 0.440. The van der Waals surface area contributed by atoms with Gasteiger partial charge in [-0.05, 0) is 45.3 Å². The van der Waals surface area contributed by atoms with Crippen molar-refractivity contribution in [1.82, 2.24) is 20.1 Å². The highest BCUT2D eigenvalue weighted by Crippen LogP contribution is 2.15. The van der Waals surface area contributed by atoms with Gasteiger partial charge in [-0.1, -0.05) is 30.3 Å². The second kappa shape index (κ2) is 7.20. The summed E-state index contributed by atoms with van der Waals surface area (Å²) in [5.41, 5.74) is 1.38. The van der Waals surface area contributed by atoms with E-state index in [4.69, 9.17) is 0 Å². The first kappa shape index (κ1) is 14.7. The second-order valence-corrected chi connectivity index (χ2v) is 5.53. The maximum Gasteiger partial charge on any atom is 0.138 e. The Morgan fingerprint density at radius 2 is 1.90 bits per heavy atom. The summed E-state index contributed by atoms with van der Waals surface area (Å²) in [6.07, 6.45) is 3.68. The summed E-state index contributed by atoms with van der Waals surface area (Å²) in [4.78, 5) is 4.43. The third-order valence-corrected chi connectivity index (χ3v) is 3.47. The number of nitrogens with zero attached hydrogens (tertiary/aromatic N) is 3. The molecule has 0 bridgehead atoms. The van der Waals surface area contributed by atoms with Gasteiger partial charge in [-0.2, -0.15) is 5.10 Å². The molecular formula is C16H24N4. The van der Waals surface area contributed by atoms with Crippen molar-refractivity contribution in [1.29, 1.82) is 0 Å². The molecule has 1 aromatic carbocycles. The third-order valence-electron chi connectivity index (χ3n) is 3.47. The Labute approximate surface area is 121 Å². The number of benzene rings is 1. The molecule has 1 heterocycles. The molecule has 0 amide bonds. The van der Waals surface area contributed by atoms with Crippen LogP contribution in [0.4, 0.5) is 0 Å². The summed E-state index contributed by atoms with van der Waals surface area (Å²) in [5, 5.41) is 7.61. The molecule has 1 N–H and O–H groups in total. The largest absolute Gasteiger partial charge is 0.319 e. The Balaban J connectivity index is 2.07. The molecule has 0 spiro atoms. The molecule has 1 unspecified atom stereocenters. The van der Waals surface area contributed by atoms with Crippen LogP contribution < -0.4 is 5.32 Å². The Hall–Kier alpha value is -1.68.